The fourth-order valence-corrected chi connectivity index (χ4v) is 4.19. The normalized spacial score (nSPS) is 23.1. The van der Waals surface area contributed by atoms with Gasteiger partial charge in [-0.05, 0) is 61.2 Å². The number of ether oxygens (including phenoxy) is 1. The van der Waals surface area contributed by atoms with E-state index in [2.05, 4.69) is 33.2 Å². The summed E-state index contributed by atoms with van der Waals surface area (Å²) in [7, 11) is 1.62. The van der Waals surface area contributed by atoms with E-state index >= 15 is 0 Å². The molecule has 0 aliphatic carbocycles. The first-order valence-electron chi connectivity index (χ1n) is 10.1. The van der Waals surface area contributed by atoms with Crippen LogP contribution >= 0.6 is 11.6 Å². The Bertz CT molecular complexity index is 820. The van der Waals surface area contributed by atoms with Crippen LogP contribution < -0.4 is 20.9 Å². The quantitative estimate of drug-likeness (QED) is 0.701. The van der Waals surface area contributed by atoms with Crippen LogP contribution in [0.25, 0.3) is 0 Å². The van der Waals surface area contributed by atoms with Crippen molar-refractivity contribution in [1.29, 1.82) is 0 Å². The highest BCUT2D eigenvalue weighted by Gasteiger charge is 2.32. The second kappa shape index (κ2) is 9.13. The molecule has 29 heavy (non-hydrogen) atoms. The summed E-state index contributed by atoms with van der Waals surface area (Å²) in [6, 6.07) is 15.7. The van der Waals surface area contributed by atoms with E-state index in [4.69, 9.17) is 16.3 Å². The Kier molecular flexibility index (Phi) is 6.35. The van der Waals surface area contributed by atoms with Crippen LogP contribution in [-0.4, -0.2) is 43.2 Å². The Morgan fingerprint density at radius 3 is 2.41 bits per heavy atom. The maximum Gasteiger partial charge on any atom is 0.251 e. The van der Waals surface area contributed by atoms with Gasteiger partial charge in [0, 0.05) is 35.8 Å². The summed E-state index contributed by atoms with van der Waals surface area (Å²) >= 11 is 5.99. The molecule has 2 fully saturated rings. The third-order valence-electron chi connectivity index (χ3n) is 5.81. The van der Waals surface area contributed by atoms with Crippen LogP contribution in [0.2, 0.25) is 5.02 Å². The number of nitrogens with one attached hydrogen (secondary N) is 3. The standard InChI is InChI=1S/C22H27ClN4O2/c1-29-19-8-4-16(5-9-19)22(28)24-18-10-12-27(13-11-18)21-14-20(25-26-21)15-2-6-17(23)7-3-15/h2-9,18,20-21,25-26H,10-14H2,1H3,(H,24,28). The van der Waals surface area contributed by atoms with Crippen molar-refractivity contribution < 1.29 is 9.53 Å². The summed E-state index contributed by atoms with van der Waals surface area (Å²) < 4.78 is 5.15. The van der Waals surface area contributed by atoms with E-state index in [-0.39, 0.29) is 18.0 Å². The predicted molar refractivity (Wildman–Crippen MR) is 114 cm³/mol. The highest BCUT2D eigenvalue weighted by molar-refractivity contribution is 6.30. The highest BCUT2D eigenvalue weighted by atomic mass is 35.5. The van der Waals surface area contributed by atoms with E-state index in [1.54, 1.807) is 19.2 Å². The average molecular weight is 415 g/mol. The predicted octanol–water partition coefficient (Wildman–Crippen LogP) is 3.11. The number of nitrogens with zero attached hydrogens (tertiary/aromatic N) is 1. The Morgan fingerprint density at radius 2 is 1.76 bits per heavy atom. The van der Waals surface area contributed by atoms with E-state index in [1.165, 1.54) is 5.56 Å². The van der Waals surface area contributed by atoms with Crippen LogP contribution in [0.5, 0.6) is 5.75 Å². The van der Waals surface area contributed by atoms with Crippen molar-refractivity contribution in [3.8, 4) is 5.75 Å². The number of hydrogen-bond donors (Lipinski definition) is 3. The zero-order valence-corrected chi connectivity index (χ0v) is 17.3. The maximum atomic E-state index is 12.5. The van der Waals surface area contributed by atoms with Gasteiger partial charge in [-0.2, -0.15) is 0 Å². The van der Waals surface area contributed by atoms with E-state index in [1.807, 2.05) is 24.3 Å². The van der Waals surface area contributed by atoms with Gasteiger partial charge in [0.15, 0.2) is 0 Å². The fourth-order valence-electron chi connectivity index (χ4n) is 4.06. The molecule has 2 heterocycles. The lowest BCUT2D eigenvalue weighted by molar-refractivity contribution is 0.0880. The lowest BCUT2D eigenvalue weighted by atomic mass is 10.0. The van der Waals surface area contributed by atoms with Crippen LogP contribution in [0.3, 0.4) is 0 Å². The van der Waals surface area contributed by atoms with Crippen LogP contribution in [0.1, 0.15) is 41.2 Å². The van der Waals surface area contributed by atoms with Crippen molar-refractivity contribution in [2.24, 2.45) is 0 Å². The third-order valence-corrected chi connectivity index (χ3v) is 6.07. The maximum absolute atomic E-state index is 12.5. The molecule has 4 rings (SSSR count). The minimum atomic E-state index is -0.0189. The number of piperidine rings is 1. The molecule has 2 aliphatic heterocycles. The summed E-state index contributed by atoms with van der Waals surface area (Å²) in [5, 5.41) is 3.93. The molecule has 2 unspecified atom stereocenters. The molecule has 6 nitrogen and oxygen atoms in total. The van der Waals surface area contributed by atoms with Crippen molar-refractivity contribution in [3.05, 3.63) is 64.7 Å². The Balaban J connectivity index is 1.25. The van der Waals surface area contributed by atoms with Gasteiger partial charge in [-0.1, -0.05) is 23.7 Å². The van der Waals surface area contributed by atoms with Gasteiger partial charge < -0.3 is 10.1 Å². The second-order valence-corrected chi connectivity index (χ2v) is 8.09. The summed E-state index contributed by atoms with van der Waals surface area (Å²) in [5.41, 5.74) is 8.73. The fraction of sp³-hybridized carbons (Fsp3) is 0.409. The SMILES string of the molecule is COc1ccc(C(=O)NC2CCN(C3CC(c4ccc(Cl)cc4)NN3)CC2)cc1. The topological polar surface area (TPSA) is 65.6 Å². The number of hydrazine groups is 1. The molecule has 0 bridgehead atoms. The van der Waals surface area contributed by atoms with Crippen molar-refractivity contribution >= 4 is 17.5 Å². The first-order valence-corrected chi connectivity index (χ1v) is 10.5. The van der Waals surface area contributed by atoms with Gasteiger partial charge in [0.1, 0.15) is 5.75 Å². The zero-order valence-electron chi connectivity index (χ0n) is 16.5. The Morgan fingerprint density at radius 1 is 1.07 bits per heavy atom. The molecule has 7 heteroatoms. The number of rotatable bonds is 5. The van der Waals surface area contributed by atoms with Crippen molar-refractivity contribution in [2.75, 3.05) is 20.2 Å². The second-order valence-electron chi connectivity index (χ2n) is 7.66. The first-order chi connectivity index (χ1) is 14.1. The molecule has 1 amide bonds. The largest absolute Gasteiger partial charge is 0.497 e. The summed E-state index contributed by atoms with van der Waals surface area (Å²) in [5.74, 6) is 0.735. The minimum absolute atomic E-state index is 0.0189. The van der Waals surface area contributed by atoms with Gasteiger partial charge in [-0.25, -0.2) is 10.9 Å². The summed E-state index contributed by atoms with van der Waals surface area (Å²) in [4.78, 5) is 14.9. The molecule has 0 spiro atoms. The number of hydrogen-bond acceptors (Lipinski definition) is 5. The van der Waals surface area contributed by atoms with E-state index < -0.39 is 0 Å². The monoisotopic (exact) mass is 414 g/mol. The lowest BCUT2D eigenvalue weighted by Gasteiger charge is -2.35. The molecule has 2 aliphatic rings. The molecular formula is C22H27ClN4O2. The molecule has 0 aromatic heterocycles. The molecule has 2 aromatic carbocycles. The molecule has 2 aromatic rings. The number of amides is 1. The number of carbonyl (C=O) groups is 1. The number of methoxy groups -OCH3 is 1. The van der Waals surface area contributed by atoms with E-state index in [0.29, 0.717) is 11.7 Å². The van der Waals surface area contributed by atoms with Crippen LogP contribution in [0, 0.1) is 0 Å². The van der Waals surface area contributed by atoms with Crippen molar-refractivity contribution in [3.63, 3.8) is 0 Å². The van der Waals surface area contributed by atoms with Gasteiger partial charge in [0.2, 0.25) is 0 Å². The number of carbonyl (C=O) groups excluding carboxylic acids is 1. The lowest BCUT2D eigenvalue weighted by Crippen LogP contribution is -2.51. The molecule has 2 atom stereocenters. The Hall–Kier alpha value is -2.12. The zero-order chi connectivity index (χ0) is 20.2. The molecule has 2 saturated heterocycles. The van der Waals surface area contributed by atoms with E-state index in [9.17, 15) is 4.79 Å². The Labute approximate surface area is 176 Å². The van der Waals surface area contributed by atoms with Crippen LogP contribution in [0.4, 0.5) is 0 Å². The van der Waals surface area contributed by atoms with Gasteiger partial charge in [-0.3, -0.25) is 9.69 Å². The molecule has 154 valence electrons. The van der Waals surface area contributed by atoms with Gasteiger partial charge in [0.05, 0.1) is 13.3 Å². The summed E-state index contributed by atoms with van der Waals surface area (Å²) in [6.45, 7) is 1.92. The van der Waals surface area contributed by atoms with E-state index in [0.717, 1.165) is 43.1 Å². The van der Waals surface area contributed by atoms with Gasteiger partial charge >= 0.3 is 0 Å². The average Bonchev–Trinajstić information content (AvgIpc) is 3.25. The van der Waals surface area contributed by atoms with Crippen molar-refractivity contribution in [1.82, 2.24) is 21.1 Å². The first kappa shape index (κ1) is 20.2. The molecule has 0 radical (unpaired) electrons. The van der Waals surface area contributed by atoms with Gasteiger partial charge in [-0.15, -0.1) is 0 Å². The number of benzene rings is 2. The molecule has 0 saturated carbocycles. The minimum Gasteiger partial charge on any atom is -0.497 e. The molecular weight excluding hydrogens is 388 g/mol. The number of halogens is 1. The third kappa shape index (κ3) is 4.90. The smallest absolute Gasteiger partial charge is 0.251 e. The number of likely N-dealkylation sites (tertiary alicyclic amines) is 1. The van der Waals surface area contributed by atoms with Crippen LogP contribution in [0.15, 0.2) is 48.5 Å². The highest BCUT2D eigenvalue weighted by Crippen LogP contribution is 2.26. The summed E-state index contributed by atoms with van der Waals surface area (Å²) in [6.07, 6.45) is 3.20. The molecule has 3 N–H and O–H groups in total. The van der Waals surface area contributed by atoms with Crippen LogP contribution in [-0.2, 0) is 0 Å². The van der Waals surface area contributed by atoms with Crippen molar-refractivity contribution in [2.45, 2.75) is 37.5 Å². The van der Waals surface area contributed by atoms with Gasteiger partial charge in [0.25, 0.3) is 5.91 Å².